The molecule has 0 atom stereocenters. The van der Waals surface area contributed by atoms with Gasteiger partial charge in [-0.15, -0.1) is 3.69 Å². The van der Waals surface area contributed by atoms with E-state index in [1.54, 1.807) is 0 Å². The summed E-state index contributed by atoms with van der Waals surface area (Å²) in [5.41, 5.74) is 1.42. The fourth-order valence-corrected chi connectivity index (χ4v) is 2.18. The summed E-state index contributed by atoms with van der Waals surface area (Å²) in [6.45, 7) is 4.48. The van der Waals surface area contributed by atoms with Crippen molar-refractivity contribution in [2.45, 2.75) is 20.3 Å². The van der Waals surface area contributed by atoms with E-state index < -0.39 is 19.3 Å². The van der Waals surface area contributed by atoms with Crippen LogP contribution in [0.25, 0.3) is 0 Å². The molecule has 0 spiro atoms. The van der Waals surface area contributed by atoms with Crippen LogP contribution in [0.15, 0.2) is 24.3 Å². The Labute approximate surface area is 87.8 Å². The van der Waals surface area contributed by atoms with Gasteiger partial charge < -0.3 is 9.07 Å². The fourth-order valence-electron chi connectivity index (χ4n) is 1.24. The first-order chi connectivity index (χ1) is 5.72. The summed E-state index contributed by atoms with van der Waals surface area (Å²) in [7, 11) is 5.82. The molecule has 0 aliphatic rings. The summed E-state index contributed by atoms with van der Waals surface area (Å²) < 4.78 is 1.34. The van der Waals surface area contributed by atoms with Crippen LogP contribution in [-0.4, -0.2) is 19.3 Å². The zero-order valence-electron chi connectivity index (χ0n) is 7.68. The molecule has 12 heavy (non-hydrogen) atoms. The lowest BCUT2D eigenvalue weighted by Gasteiger charge is -2.04. The summed E-state index contributed by atoms with van der Waals surface area (Å²) in [5.74, 6) is 0.740. The van der Waals surface area contributed by atoms with Crippen molar-refractivity contribution in [3.63, 3.8) is 0 Å². The van der Waals surface area contributed by atoms with Crippen LogP contribution < -0.4 is 3.69 Å². The SMILES string of the molecule is CC(C)Cc1cc[c]([Mg][Cl])cc1. The van der Waals surface area contributed by atoms with E-state index in [4.69, 9.17) is 9.07 Å². The summed E-state index contributed by atoms with van der Waals surface area (Å²) in [6.07, 6.45) is 1.17. The van der Waals surface area contributed by atoms with Gasteiger partial charge in [-0.2, -0.15) is 0 Å². The first-order valence-electron chi connectivity index (χ1n) is 4.36. The molecule has 1 aromatic carbocycles. The van der Waals surface area contributed by atoms with Crippen molar-refractivity contribution in [3.8, 4) is 0 Å². The van der Waals surface area contributed by atoms with Crippen molar-refractivity contribution < 1.29 is 0 Å². The molecule has 62 valence electrons. The Morgan fingerprint density at radius 3 is 2.25 bits per heavy atom. The molecule has 0 saturated heterocycles. The minimum absolute atomic E-state index is 0.480. The molecule has 0 heterocycles. The van der Waals surface area contributed by atoms with E-state index in [2.05, 4.69) is 38.1 Å². The molecule has 0 bridgehead atoms. The van der Waals surface area contributed by atoms with E-state index in [-0.39, 0.29) is 0 Å². The first-order valence-corrected chi connectivity index (χ1v) is 7.20. The smallest absolute Gasteiger partial charge is 0.336 e. The van der Waals surface area contributed by atoms with E-state index >= 15 is 0 Å². The van der Waals surface area contributed by atoms with Gasteiger partial charge in [0.25, 0.3) is 0 Å². The minimum atomic E-state index is -0.480. The second-order valence-electron chi connectivity index (χ2n) is 3.55. The molecule has 0 aliphatic heterocycles. The van der Waals surface area contributed by atoms with Gasteiger partial charge in [-0.1, -0.05) is 38.1 Å². The topological polar surface area (TPSA) is 0 Å². The molecule has 0 N–H and O–H groups in total. The van der Waals surface area contributed by atoms with Gasteiger partial charge in [-0.25, -0.2) is 0 Å². The molecule has 0 unspecified atom stereocenters. The molecule has 1 rings (SSSR count). The summed E-state index contributed by atoms with van der Waals surface area (Å²) in [4.78, 5) is 0. The molecule has 0 saturated carbocycles. The van der Waals surface area contributed by atoms with Crippen LogP contribution in [0.1, 0.15) is 19.4 Å². The summed E-state index contributed by atoms with van der Waals surface area (Å²) >= 11 is -0.480. The van der Waals surface area contributed by atoms with Gasteiger partial charge in [0.15, 0.2) is 0 Å². The van der Waals surface area contributed by atoms with E-state index in [0.717, 1.165) is 5.92 Å². The highest BCUT2D eigenvalue weighted by atomic mass is 35.5. The third-order valence-corrected chi connectivity index (χ3v) is 3.53. The molecule has 0 amide bonds. The molecule has 0 aliphatic carbocycles. The zero-order chi connectivity index (χ0) is 8.97. The lowest BCUT2D eigenvalue weighted by atomic mass is 10.0. The van der Waals surface area contributed by atoms with Crippen LogP contribution in [-0.2, 0) is 6.42 Å². The molecular formula is C10H13ClMg. The molecule has 2 heteroatoms. The van der Waals surface area contributed by atoms with Crippen molar-refractivity contribution in [2.24, 2.45) is 5.92 Å². The monoisotopic (exact) mass is 192 g/mol. The summed E-state index contributed by atoms with van der Waals surface area (Å²) in [5, 5.41) is 0. The normalized spacial score (nSPS) is 10.0. The highest BCUT2D eigenvalue weighted by Crippen LogP contribution is 2.05. The maximum Gasteiger partial charge on any atom is 0.538 e. The van der Waals surface area contributed by atoms with Crippen LogP contribution in [0, 0.1) is 5.92 Å². The van der Waals surface area contributed by atoms with Crippen molar-refractivity contribution in [1.82, 2.24) is 0 Å². The Morgan fingerprint density at radius 2 is 1.83 bits per heavy atom. The van der Waals surface area contributed by atoms with Gasteiger partial charge in [-0.05, 0) is 17.9 Å². The van der Waals surface area contributed by atoms with E-state index in [0.29, 0.717) is 0 Å². The van der Waals surface area contributed by atoms with Gasteiger partial charge in [-0.3, -0.25) is 0 Å². The maximum atomic E-state index is 5.82. The highest BCUT2D eigenvalue weighted by molar-refractivity contribution is 7.01. The lowest BCUT2D eigenvalue weighted by Crippen LogP contribution is -2.08. The molecule has 0 radical (unpaired) electrons. The molecular weight excluding hydrogens is 180 g/mol. The minimum Gasteiger partial charge on any atom is -0.336 e. The van der Waals surface area contributed by atoms with Crippen molar-refractivity contribution >= 4 is 32.0 Å². The second-order valence-corrected chi connectivity index (χ2v) is 5.43. The van der Waals surface area contributed by atoms with Gasteiger partial charge in [0.2, 0.25) is 0 Å². The largest absolute Gasteiger partial charge is 0.538 e. The van der Waals surface area contributed by atoms with E-state index in [1.165, 1.54) is 15.7 Å². The van der Waals surface area contributed by atoms with Crippen LogP contribution in [0.5, 0.6) is 0 Å². The van der Waals surface area contributed by atoms with Crippen molar-refractivity contribution in [3.05, 3.63) is 29.8 Å². The third kappa shape index (κ3) is 3.34. The molecule has 0 fully saturated rings. The van der Waals surface area contributed by atoms with E-state index in [1.807, 2.05) is 0 Å². The van der Waals surface area contributed by atoms with Gasteiger partial charge in [0, 0.05) is 0 Å². The number of hydrogen-bond donors (Lipinski definition) is 0. The maximum absolute atomic E-state index is 5.82. The second kappa shape index (κ2) is 5.10. The summed E-state index contributed by atoms with van der Waals surface area (Å²) in [6, 6.07) is 8.73. The van der Waals surface area contributed by atoms with Crippen LogP contribution in [0.4, 0.5) is 0 Å². The number of hydrogen-bond acceptors (Lipinski definition) is 0. The Morgan fingerprint density at radius 1 is 1.25 bits per heavy atom. The zero-order valence-corrected chi connectivity index (χ0v) is 9.85. The highest BCUT2D eigenvalue weighted by Gasteiger charge is 1.98. The Hall–Kier alpha value is 0.276. The average molecular weight is 193 g/mol. The van der Waals surface area contributed by atoms with Crippen LogP contribution in [0.3, 0.4) is 0 Å². The number of benzene rings is 1. The van der Waals surface area contributed by atoms with Crippen LogP contribution in [0.2, 0.25) is 0 Å². The van der Waals surface area contributed by atoms with Gasteiger partial charge in [0.1, 0.15) is 0 Å². The lowest BCUT2D eigenvalue weighted by molar-refractivity contribution is 0.647. The average Bonchev–Trinajstić information content (AvgIpc) is 2.05. The van der Waals surface area contributed by atoms with Crippen molar-refractivity contribution in [1.29, 1.82) is 0 Å². The number of halogens is 1. The Bertz CT molecular complexity index is 228. The quantitative estimate of drug-likeness (QED) is 0.646. The predicted molar refractivity (Wildman–Crippen MR) is 56.2 cm³/mol. The van der Waals surface area contributed by atoms with Crippen LogP contribution >= 0.6 is 9.07 Å². The van der Waals surface area contributed by atoms with Gasteiger partial charge in [0.05, 0.1) is 0 Å². The Balaban J connectivity index is 2.65. The van der Waals surface area contributed by atoms with Crippen molar-refractivity contribution in [2.75, 3.05) is 0 Å². The molecule has 0 nitrogen and oxygen atoms in total. The first kappa shape index (κ1) is 10.4. The number of rotatable bonds is 3. The molecule has 1 aromatic rings. The van der Waals surface area contributed by atoms with Gasteiger partial charge >= 0.3 is 19.3 Å². The standard InChI is InChI=1S/C10H13.ClH.Mg/c1-9(2)8-10-6-4-3-5-7-10;;/h4-7,9H,8H2,1-2H3;1H;/q;;+1/p-1. The van der Waals surface area contributed by atoms with E-state index in [9.17, 15) is 0 Å². The fraction of sp³-hybridized carbons (Fsp3) is 0.400. The predicted octanol–water partition coefficient (Wildman–Crippen LogP) is 2.37. The Kier molecular flexibility index (Phi) is 4.40. The molecule has 0 aromatic heterocycles. The third-order valence-electron chi connectivity index (χ3n) is 1.82.